The van der Waals surface area contributed by atoms with Crippen LogP contribution in [0.5, 0.6) is 5.75 Å². The lowest BCUT2D eigenvalue weighted by atomic mass is 9.99. The van der Waals surface area contributed by atoms with Crippen LogP contribution in [0.3, 0.4) is 0 Å². The number of para-hydroxylation sites is 2. The minimum absolute atomic E-state index is 0.0213. The van der Waals surface area contributed by atoms with Crippen molar-refractivity contribution in [2.24, 2.45) is 5.92 Å². The Bertz CT molecular complexity index is 462. The molecule has 1 aliphatic heterocycles. The van der Waals surface area contributed by atoms with Crippen LogP contribution in [-0.2, 0) is 4.79 Å². The summed E-state index contributed by atoms with van der Waals surface area (Å²) in [6, 6.07) is 7.72. The van der Waals surface area contributed by atoms with Crippen molar-refractivity contribution in [2.45, 2.75) is 45.6 Å². The summed E-state index contributed by atoms with van der Waals surface area (Å²) < 4.78 is 5.77. The minimum Gasteiger partial charge on any atom is -0.477 e. The van der Waals surface area contributed by atoms with E-state index in [1.165, 1.54) is 19.3 Å². The first kappa shape index (κ1) is 15.7. The van der Waals surface area contributed by atoms with E-state index in [-0.39, 0.29) is 5.91 Å². The van der Waals surface area contributed by atoms with Crippen molar-refractivity contribution in [3.63, 3.8) is 0 Å². The van der Waals surface area contributed by atoms with Crippen LogP contribution >= 0.6 is 0 Å². The molecule has 0 spiro atoms. The molecule has 0 radical (unpaired) electrons. The summed E-state index contributed by atoms with van der Waals surface area (Å²) in [6.07, 6.45) is 4.27. The molecule has 2 unspecified atom stereocenters. The molecule has 0 fully saturated rings. The van der Waals surface area contributed by atoms with Crippen LogP contribution in [0.4, 0.5) is 5.69 Å². The molecule has 4 heteroatoms. The number of unbranched alkanes of at least 4 members (excludes halogenated alkanes) is 1. The second kappa shape index (κ2) is 7.91. The van der Waals surface area contributed by atoms with Gasteiger partial charge < -0.3 is 15.4 Å². The molecule has 1 heterocycles. The van der Waals surface area contributed by atoms with Gasteiger partial charge in [-0.3, -0.25) is 4.79 Å². The lowest BCUT2D eigenvalue weighted by Gasteiger charge is -2.27. The average Bonchev–Trinajstić information content (AvgIpc) is 2.54. The van der Waals surface area contributed by atoms with Crippen LogP contribution in [0, 0.1) is 5.92 Å². The number of hydrogen-bond donors (Lipinski definition) is 2. The molecule has 0 bridgehead atoms. The second-order valence-corrected chi connectivity index (χ2v) is 5.65. The molecule has 1 amide bonds. The fourth-order valence-electron chi connectivity index (χ4n) is 2.56. The molecule has 0 aliphatic carbocycles. The third kappa shape index (κ3) is 4.38. The van der Waals surface area contributed by atoms with Gasteiger partial charge in [0.25, 0.3) is 5.91 Å². The molecule has 0 saturated heterocycles. The summed E-state index contributed by atoms with van der Waals surface area (Å²) in [4.78, 5) is 12.2. The van der Waals surface area contributed by atoms with Gasteiger partial charge in [-0.1, -0.05) is 45.2 Å². The van der Waals surface area contributed by atoms with E-state index in [1.54, 1.807) is 0 Å². The SMILES string of the molecule is CCCCC(CC)CNC(=O)C1CNc2ccccc2O1. The quantitative estimate of drug-likeness (QED) is 0.811. The van der Waals surface area contributed by atoms with Crippen LogP contribution in [0.25, 0.3) is 0 Å². The van der Waals surface area contributed by atoms with Gasteiger partial charge in [0.05, 0.1) is 12.2 Å². The lowest BCUT2D eigenvalue weighted by Crippen LogP contribution is -2.45. The summed E-state index contributed by atoms with van der Waals surface area (Å²) in [5.41, 5.74) is 0.955. The summed E-state index contributed by atoms with van der Waals surface area (Å²) in [6.45, 7) is 5.65. The van der Waals surface area contributed by atoms with E-state index in [2.05, 4.69) is 24.5 Å². The van der Waals surface area contributed by atoms with Crippen LogP contribution in [0.15, 0.2) is 24.3 Å². The van der Waals surface area contributed by atoms with Gasteiger partial charge in [0.1, 0.15) is 5.75 Å². The average molecular weight is 290 g/mol. The number of amides is 1. The van der Waals surface area contributed by atoms with Crippen molar-refractivity contribution in [1.82, 2.24) is 5.32 Å². The molecular formula is C17H26N2O2. The third-order valence-electron chi connectivity index (χ3n) is 4.03. The van der Waals surface area contributed by atoms with Gasteiger partial charge in [-0.05, 0) is 24.5 Å². The van der Waals surface area contributed by atoms with Gasteiger partial charge >= 0.3 is 0 Å². The van der Waals surface area contributed by atoms with E-state index in [4.69, 9.17) is 4.74 Å². The minimum atomic E-state index is -0.441. The molecule has 4 nitrogen and oxygen atoms in total. The van der Waals surface area contributed by atoms with Crippen molar-refractivity contribution in [3.05, 3.63) is 24.3 Å². The number of carbonyl (C=O) groups excluding carboxylic acids is 1. The Kier molecular flexibility index (Phi) is 5.90. The molecule has 1 aromatic rings. The molecule has 0 aromatic heterocycles. The number of carbonyl (C=O) groups is 1. The van der Waals surface area contributed by atoms with Crippen molar-refractivity contribution >= 4 is 11.6 Å². The van der Waals surface area contributed by atoms with E-state index in [0.29, 0.717) is 12.5 Å². The zero-order valence-electron chi connectivity index (χ0n) is 13.0. The van der Waals surface area contributed by atoms with E-state index < -0.39 is 6.10 Å². The fraction of sp³-hybridized carbons (Fsp3) is 0.588. The van der Waals surface area contributed by atoms with Gasteiger partial charge in [-0.25, -0.2) is 0 Å². The highest BCUT2D eigenvalue weighted by molar-refractivity contribution is 5.83. The first-order valence-corrected chi connectivity index (χ1v) is 8.01. The first-order chi connectivity index (χ1) is 10.2. The van der Waals surface area contributed by atoms with Gasteiger partial charge in [0, 0.05) is 6.54 Å². The largest absolute Gasteiger partial charge is 0.477 e. The smallest absolute Gasteiger partial charge is 0.262 e. The maximum Gasteiger partial charge on any atom is 0.262 e. The van der Waals surface area contributed by atoms with Gasteiger partial charge in [0.2, 0.25) is 0 Å². The molecule has 2 N–H and O–H groups in total. The Hall–Kier alpha value is -1.71. The van der Waals surface area contributed by atoms with Crippen LogP contribution in [0.2, 0.25) is 0 Å². The first-order valence-electron chi connectivity index (χ1n) is 8.01. The molecule has 2 atom stereocenters. The van der Waals surface area contributed by atoms with Crippen molar-refractivity contribution in [1.29, 1.82) is 0 Å². The number of benzene rings is 1. The second-order valence-electron chi connectivity index (χ2n) is 5.65. The van der Waals surface area contributed by atoms with Gasteiger partial charge in [0.15, 0.2) is 6.10 Å². The van der Waals surface area contributed by atoms with E-state index >= 15 is 0 Å². The lowest BCUT2D eigenvalue weighted by molar-refractivity contribution is -0.127. The number of anilines is 1. The van der Waals surface area contributed by atoms with Crippen LogP contribution in [0.1, 0.15) is 39.5 Å². The van der Waals surface area contributed by atoms with Crippen LogP contribution in [-0.4, -0.2) is 25.1 Å². The fourth-order valence-corrected chi connectivity index (χ4v) is 2.56. The normalized spacial score (nSPS) is 18.1. The standard InChI is InChI=1S/C17H26N2O2/c1-3-5-8-13(4-2)11-19-17(20)16-12-18-14-9-6-7-10-15(14)21-16/h6-7,9-10,13,16,18H,3-5,8,11-12H2,1-2H3,(H,19,20). The van der Waals surface area contributed by atoms with Crippen molar-refractivity contribution in [2.75, 3.05) is 18.4 Å². The maximum absolute atomic E-state index is 12.2. The molecule has 1 aromatic carbocycles. The third-order valence-corrected chi connectivity index (χ3v) is 4.03. The zero-order valence-corrected chi connectivity index (χ0v) is 13.0. The topological polar surface area (TPSA) is 50.4 Å². The summed E-state index contributed by atoms with van der Waals surface area (Å²) in [5, 5.41) is 6.28. The van der Waals surface area contributed by atoms with Gasteiger partial charge in [-0.15, -0.1) is 0 Å². The van der Waals surface area contributed by atoms with Crippen molar-refractivity contribution in [3.8, 4) is 5.75 Å². The number of nitrogens with one attached hydrogen (secondary N) is 2. The van der Waals surface area contributed by atoms with Crippen LogP contribution < -0.4 is 15.4 Å². The molecule has 1 aliphatic rings. The van der Waals surface area contributed by atoms with E-state index in [0.717, 1.165) is 24.4 Å². The molecule has 21 heavy (non-hydrogen) atoms. The Labute approximate surface area is 127 Å². The summed E-state index contributed by atoms with van der Waals surface area (Å²) in [5.74, 6) is 1.30. The number of rotatable bonds is 7. The molecule has 2 rings (SSSR count). The predicted molar refractivity (Wildman–Crippen MR) is 85.7 cm³/mol. The Morgan fingerprint density at radius 1 is 1.43 bits per heavy atom. The summed E-state index contributed by atoms with van der Waals surface area (Å²) in [7, 11) is 0. The zero-order chi connectivity index (χ0) is 15.1. The monoisotopic (exact) mass is 290 g/mol. The highest BCUT2D eigenvalue weighted by Crippen LogP contribution is 2.28. The highest BCUT2D eigenvalue weighted by atomic mass is 16.5. The number of fused-ring (bicyclic) bond motifs is 1. The Balaban J connectivity index is 1.82. The predicted octanol–water partition coefficient (Wildman–Crippen LogP) is 3.19. The Morgan fingerprint density at radius 3 is 3.00 bits per heavy atom. The van der Waals surface area contributed by atoms with Gasteiger partial charge in [-0.2, -0.15) is 0 Å². The maximum atomic E-state index is 12.2. The van der Waals surface area contributed by atoms with E-state index in [1.807, 2.05) is 24.3 Å². The highest BCUT2D eigenvalue weighted by Gasteiger charge is 2.25. The van der Waals surface area contributed by atoms with E-state index in [9.17, 15) is 4.79 Å². The Morgan fingerprint density at radius 2 is 2.24 bits per heavy atom. The number of ether oxygens (including phenoxy) is 1. The number of hydrogen-bond acceptors (Lipinski definition) is 3. The van der Waals surface area contributed by atoms with Crippen molar-refractivity contribution < 1.29 is 9.53 Å². The molecule has 0 saturated carbocycles. The molecular weight excluding hydrogens is 264 g/mol. The molecule has 116 valence electrons. The summed E-state index contributed by atoms with van der Waals surface area (Å²) >= 11 is 0.